The van der Waals surface area contributed by atoms with Crippen molar-refractivity contribution in [3.8, 4) is 0 Å². The third-order valence-corrected chi connectivity index (χ3v) is 6.68. The number of carbonyl (C=O) groups excluding carboxylic acids is 1. The van der Waals surface area contributed by atoms with Gasteiger partial charge in [0.2, 0.25) is 17.8 Å². The highest BCUT2D eigenvalue weighted by Crippen LogP contribution is 2.33. The van der Waals surface area contributed by atoms with E-state index in [0.717, 1.165) is 12.8 Å². The number of halogens is 3. The summed E-state index contributed by atoms with van der Waals surface area (Å²) >= 11 is 0. The van der Waals surface area contributed by atoms with Gasteiger partial charge in [-0.15, -0.1) is 0 Å². The molecule has 9 nitrogen and oxygen atoms in total. The van der Waals surface area contributed by atoms with E-state index in [2.05, 4.69) is 25.6 Å². The van der Waals surface area contributed by atoms with E-state index in [1.54, 1.807) is 9.47 Å². The van der Waals surface area contributed by atoms with E-state index in [1.807, 2.05) is 0 Å². The molecule has 1 aliphatic heterocycles. The van der Waals surface area contributed by atoms with E-state index in [9.17, 15) is 23.1 Å². The largest absolute Gasteiger partial charge is 0.393 e. The molecule has 1 atom stereocenters. The zero-order valence-corrected chi connectivity index (χ0v) is 19.1. The fraction of sp³-hybridized carbons (Fsp3) is 0.478. The third kappa shape index (κ3) is 4.75. The van der Waals surface area contributed by atoms with E-state index < -0.39 is 23.1 Å². The van der Waals surface area contributed by atoms with Gasteiger partial charge in [0.15, 0.2) is 17.3 Å². The van der Waals surface area contributed by atoms with E-state index in [0.29, 0.717) is 61.6 Å². The van der Waals surface area contributed by atoms with Crippen LogP contribution in [0.1, 0.15) is 45.1 Å². The Morgan fingerprint density at radius 3 is 2.46 bits per heavy atom. The maximum atomic E-state index is 14.4. The first kappa shape index (κ1) is 23.3. The maximum absolute atomic E-state index is 14.4. The molecule has 0 bridgehead atoms. The van der Waals surface area contributed by atoms with Crippen molar-refractivity contribution in [1.29, 1.82) is 0 Å². The average Bonchev–Trinajstić information content (AvgIpc) is 3.42. The Labute approximate surface area is 199 Å². The molecule has 3 N–H and O–H groups in total. The van der Waals surface area contributed by atoms with Gasteiger partial charge in [0.1, 0.15) is 17.0 Å². The van der Waals surface area contributed by atoms with Gasteiger partial charge in [0.25, 0.3) is 0 Å². The number of benzene rings is 1. The Bertz CT molecular complexity index is 1240. The van der Waals surface area contributed by atoms with E-state index in [1.165, 1.54) is 13.1 Å². The molecule has 35 heavy (non-hydrogen) atoms. The van der Waals surface area contributed by atoms with Crippen molar-refractivity contribution in [2.24, 2.45) is 0 Å². The Morgan fingerprint density at radius 1 is 1.09 bits per heavy atom. The average molecular weight is 490 g/mol. The van der Waals surface area contributed by atoms with Crippen LogP contribution in [-0.2, 0) is 4.79 Å². The molecule has 2 aromatic heterocycles. The van der Waals surface area contributed by atoms with Crippen molar-refractivity contribution in [1.82, 2.24) is 24.4 Å². The van der Waals surface area contributed by atoms with Gasteiger partial charge in [-0.3, -0.25) is 9.36 Å². The summed E-state index contributed by atoms with van der Waals surface area (Å²) in [5.41, 5.74) is 0.317. The fourth-order valence-electron chi connectivity index (χ4n) is 4.81. The predicted molar refractivity (Wildman–Crippen MR) is 123 cm³/mol. The van der Waals surface area contributed by atoms with E-state index >= 15 is 0 Å². The smallest absolute Gasteiger partial charge is 0.224 e. The van der Waals surface area contributed by atoms with Crippen molar-refractivity contribution < 1.29 is 23.1 Å². The number of likely N-dealkylation sites (tertiary alicyclic amines) is 1. The molecular formula is C23H26F3N7O2. The van der Waals surface area contributed by atoms with Crippen LogP contribution in [0.3, 0.4) is 0 Å². The molecule has 5 rings (SSSR count). The number of nitrogens with one attached hydrogen (secondary N) is 2. The number of hydrogen-bond acceptors (Lipinski definition) is 7. The first-order chi connectivity index (χ1) is 16.8. The van der Waals surface area contributed by atoms with Crippen LogP contribution in [0.2, 0.25) is 0 Å². The summed E-state index contributed by atoms with van der Waals surface area (Å²) in [5.74, 6) is -2.78. The van der Waals surface area contributed by atoms with Crippen molar-refractivity contribution in [2.45, 2.75) is 57.2 Å². The lowest BCUT2D eigenvalue weighted by atomic mass is 9.93. The standard InChI is InChI=1S/C23H26F3N7O2/c1-12(34)32-7-6-15(11-32)33-21-19(10-27-22(31-21)28-14-2-4-16(35)5-3-14)29-23(33)30-20-17(25)8-13(24)9-18(20)26/h8-10,14-16,35H,2-7,11H2,1H3,(H,29,30)(H,27,28,31)/t14?,15-,16?/m1/s1. The normalized spacial score (nSPS) is 22.5. The number of rotatable bonds is 5. The number of fused-ring (bicyclic) bond motifs is 1. The number of aliphatic hydroxyl groups is 1. The summed E-state index contributed by atoms with van der Waals surface area (Å²) in [7, 11) is 0. The lowest BCUT2D eigenvalue weighted by Crippen LogP contribution is -2.29. The van der Waals surface area contributed by atoms with Crippen LogP contribution < -0.4 is 10.6 Å². The first-order valence-electron chi connectivity index (χ1n) is 11.6. The summed E-state index contributed by atoms with van der Waals surface area (Å²) in [6, 6.07) is 1.06. The molecule has 1 aliphatic carbocycles. The van der Waals surface area contributed by atoms with Gasteiger partial charge in [-0.2, -0.15) is 4.98 Å². The second-order valence-corrected chi connectivity index (χ2v) is 9.13. The molecular weight excluding hydrogens is 463 g/mol. The van der Waals surface area contributed by atoms with Gasteiger partial charge in [-0.05, 0) is 32.1 Å². The minimum atomic E-state index is -1.09. The summed E-state index contributed by atoms with van der Waals surface area (Å²) < 4.78 is 43.9. The molecule has 2 aliphatic rings. The number of hydrogen-bond donors (Lipinski definition) is 3. The number of anilines is 3. The van der Waals surface area contributed by atoms with Crippen LogP contribution in [0.4, 0.5) is 30.8 Å². The molecule has 1 saturated carbocycles. The highest BCUT2D eigenvalue weighted by atomic mass is 19.1. The van der Waals surface area contributed by atoms with Crippen LogP contribution in [0.5, 0.6) is 0 Å². The molecule has 186 valence electrons. The van der Waals surface area contributed by atoms with Gasteiger partial charge in [0, 0.05) is 38.2 Å². The topological polar surface area (TPSA) is 108 Å². The molecule has 12 heteroatoms. The van der Waals surface area contributed by atoms with Gasteiger partial charge in [-0.25, -0.2) is 23.1 Å². The Kier molecular flexibility index (Phi) is 6.22. The number of aliphatic hydroxyl groups excluding tert-OH is 1. The first-order valence-corrected chi connectivity index (χ1v) is 11.6. The van der Waals surface area contributed by atoms with Gasteiger partial charge in [0.05, 0.1) is 18.3 Å². The van der Waals surface area contributed by atoms with Crippen molar-refractivity contribution in [2.75, 3.05) is 23.7 Å². The molecule has 1 amide bonds. The minimum Gasteiger partial charge on any atom is -0.393 e. The molecule has 0 unspecified atom stereocenters. The van der Waals surface area contributed by atoms with Crippen LogP contribution in [0.25, 0.3) is 11.2 Å². The Balaban J connectivity index is 1.52. The monoisotopic (exact) mass is 489 g/mol. The number of nitrogens with zero attached hydrogens (tertiary/aromatic N) is 5. The highest BCUT2D eigenvalue weighted by molar-refractivity contribution is 5.77. The number of imidazole rings is 1. The lowest BCUT2D eigenvalue weighted by molar-refractivity contribution is -0.127. The van der Waals surface area contributed by atoms with Gasteiger partial charge >= 0.3 is 0 Å². The van der Waals surface area contributed by atoms with Gasteiger partial charge in [-0.1, -0.05) is 0 Å². The third-order valence-electron chi connectivity index (χ3n) is 6.68. The van der Waals surface area contributed by atoms with Crippen LogP contribution in [-0.4, -0.2) is 60.7 Å². The van der Waals surface area contributed by atoms with Crippen LogP contribution in [0.15, 0.2) is 18.3 Å². The molecule has 1 aromatic carbocycles. The van der Waals surface area contributed by atoms with Crippen molar-refractivity contribution in [3.63, 3.8) is 0 Å². The van der Waals surface area contributed by atoms with Crippen molar-refractivity contribution >= 4 is 34.7 Å². The Morgan fingerprint density at radius 2 is 1.80 bits per heavy atom. The predicted octanol–water partition coefficient (Wildman–Crippen LogP) is 3.50. The second kappa shape index (κ2) is 9.33. The molecule has 0 spiro atoms. The summed E-state index contributed by atoms with van der Waals surface area (Å²) in [5, 5.41) is 15.7. The zero-order valence-electron chi connectivity index (χ0n) is 19.1. The number of carbonyl (C=O) groups is 1. The highest BCUT2D eigenvalue weighted by Gasteiger charge is 2.30. The fourth-order valence-corrected chi connectivity index (χ4v) is 4.81. The summed E-state index contributed by atoms with van der Waals surface area (Å²) in [6.45, 7) is 2.40. The van der Waals surface area contributed by atoms with E-state index in [4.69, 9.17) is 0 Å². The summed E-state index contributed by atoms with van der Waals surface area (Å²) in [4.78, 5) is 27.1. The maximum Gasteiger partial charge on any atom is 0.224 e. The summed E-state index contributed by atoms with van der Waals surface area (Å²) in [6.07, 6.45) is 4.81. The quantitative estimate of drug-likeness (QED) is 0.504. The SMILES string of the molecule is CC(=O)N1CC[C@@H](n2c(Nc3c(F)cc(F)cc3F)nc3cnc(NC4CCC(O)CC4)nc32)C1. The van der Waals surface area contributed by atoms with Crippen LogP contribution in [0, 0.1) is 17.5 Å². The lowest BCUT2D eigenvalue weighted by Gasteiger charge is -2.26. The van der Waals surface area contributed by atoms with Crippen molar-refractivity contribution in [3.05, 3.63) is 35.8 Å². The molecule has 0 radical (unpaired) electrons. The van der Waals surface area contributed by atoms with Crippen LogP contribution >= 0.6 is 0 Å². The molecule has 2 fully saturated rings. The zero-order chi connectivity index (χ0) is 24.7. The van der Waals surface area contributed by atoms with Gasteiger partial charge < -0.3 is 20.6 Å². The molecule has 1 saturated heterocycles. The number of aromatic nitrogens is 4. The molecule has 3 heterocycles. The van der Waals surface area contributed by atoms with E-state index in [-0.39, 0.29) is 30.0 Å². The second-order valence-electron chi connectivity index (χ2n) is 9.13. The molecule has 3 aromatic rings. The number of amides is 1. The Hall–Kier alpha value is -3.41. The minimum absolute atomic E-state index is 0.0708.